The van der Waals surface area contributed by atoms with E-state index in [9.17, 15) is 8.42 Å². The zero-order valence-electron chi connectivity index (χ0n) is 15.6. The molecule has 0 saturated carbocycles. The van der Waals surface area contributed by atoms with Crippen molar-refractivity contribution in [3.63, 3.8) is 0 Å². The highest BCUT2D eigenvalue weighted by Gasteiger charge is 2.42. The minimum atomic E-state index is -3.79. The first-order valence-corrected chi connectivity index (χ1v) is 10.1. The minimum Gasteiger partial charge on any atom is -0.417 e. The Morgan fingerprint density at radius 3 is 2.19 bits per heavy atom. The van der Waals surface area contributed by atoms with E-state index in [-0.39, 0.29) is 22.1 Å². The summed E-state index contributed by atoms with van der Waals surface area (Å²) in [5, 5.41) is 12.3. The fraction of sp³-hybridized carbons (Fsp3) is 0.389. The molecule has 9 heteroatoms. The summed E-state index contributed by atoms with van der Waals surface area (Å²) < 4.78 is 35.6. The van der Waals surface area contributed by atoms with Crippen molar-refractivity contribution in [2.45, 2.75) is 49.7 Å². The van der Waals surface area contributed by atoms with Crippen molar-refractivity contribution in [2.24, 2.45) is 0 Å². The van der Waals surface area contributed by atoms with E-state index in [1.165, 1.54) is 38.1 Å². The van der Waals surface area contributed by atoms with Crippen LogP contribution in [-0.2, 0) is 20.0 Å². The maximum Gasteiger partial charge on any atom is 0.269 e. The van der Waals surface area contributed by atoms with Crippen LogP contribution in [0.5, 0.6) is 0 Å². The van der Waals surface area contributed by atoms with Gasteiger partial charge in [-0.1, -0.05) is 37.5 Å². The van der Waals surface area contributed by atoms with Crippen LogP contribution >= 0.6 is 11.6 Å². The molecule has 27 heavy (non-hydrogen) atoms. The van der Waals surface area contributed by atoms with Crippen LogP contribution in [0.2, 0.25) is 5.02 Å². The fourth-order valence-corrected chi connectivity index (χ4v) is 3.84. The summed E-state index contributed by atoms with van der Waals surface area (Å²) in [7, 11) is -3.79. The normalized spacial score (nSPS) is 13.1. The summed E-state index contributed by atoms with van der Waals surface area (Å²) >= 11 is 5.85. The highest BCUT2D eigenvalue weighted by Crippen LogP contribution is 2.36. The SMILES string of the molecule is CC(C)(C)c1cc(-c2nnc(C(C)(C)S(=O)(=O)c3ccc(Cl)cc3)o2)no1. The van der Waals surface area contributed by atoms with Gasteiger partial charge < -0.3 is 8.94 Å². The van der Waals surface area contributed by atoms with E-state index in [0.29, 0.717) is 16.5 Å². The summed E-state index contributed by atoms with van der Waals surface area (Å²) in [5.41, 5.74) is 0.129. The second-order valence-corrected chi connectivity index (χ2v) is 10.6. The van der Waals surface area contributed by atoms with Crippen LogP contribution in [0.25, 0.3) is 11.6 Å². The summed E-state index contributed by atoms with van der Waals surface area (Å²) in [5.74, 6) is 0.724. The first-order chi connectivity index (χ1) is 12.4. The van der Waals surface area contributed by atoms with Gasteiger partial charge in [0.15, 0.2) is 15.5 Å². The van der Waals surface area contributed by atoms with E-state index in [2.05, 4.69) is 15.4 Å². The van der Waals surface area contributed by atoms with Gasteiger partial charge in [0, 0.05) is 16.5 Å². The van der Waals surface area contributed by atoms with E-state index in [4.69, 9.17) is 20.5 Å². The first-order valence-electron chi connectivity index (χ1n) is 8.25. The third kappa shape index (κ3) is 3.51. The summed E-state index contributed by atoms with van der Waals surface area (Å²) in [6.45, 7) is 8.98. The van der Waals surface area contributed by atoms with Crippen LogP contribution in [0, 0.1) is 0 Å². The van der Waals surface area contributed by atoms with Crippen molar-refractivity contribution in [1.82, 2.24) is 15.4 Å². The second kappa shape index (κ2) is 6.45. The van der Waals surface area contributed by atoms with Crippen molar-refractivity contribution in [2.75, 3.05) is 0 Å². The number of nitrogens with zero attached hydrogens (tertiary/aromatic N) is 3. The molecule has 0 unspecified atom stereocenters. The molecule has 0 radical (unpaired) electrons. The van der Waals surface area contributed by atoms with Crippen LogP contribution < -0.4 is 0 Å². The van der Waals surface area contributed by atoms with Gasteiger partial charge in [-0.2, -0.15) is 0 Å². The Balaban J connectivity index is 1.97. The van der Waals surface area contributed by atoms with Crippen LogP contribution in [0.15, 0.2) is 44.2 Å². The van der Waals surface area contributed by atoms with Gasteiger partial charge in [-0.15, -0.1) is 10.2 Å². The van der Waals surface area contributed by atoms with Gasteiger partial charge in [0.2, 0.25) is 5.89 Å². The molecular formula is C18H20ClN3O4S. The highest BCUT2D eigenvalue weighted by atomic mass is 35.5. The molecule has 0 aliphatic heterocycles. The number of aromatic nitrogens is 3. The van der Waals surface area contributed by atoms with Crippen molar-refractivity contribution in [3.05, 3.63) is 47.0 Å². The second-order valence-electron chi connectivity index (χ2n) is 7.71. The molecule has 0 amide bonds. The molecule has 2 aromatic heterocycles. The fourth-order valence-electron chi connectivity index (χ4n) is 2.32. The summed E-state index contributed by atoms with van der Waals surface area (Å²) in [4.78, 5) is 0.119. The molecule has 0 atom stereocenters. The molecule has 7 nitrogen and oxygen atoms in total. The lowest BCUT2D eigenvalue weighted by Gasteiger charge is -2.20. The van der Waals surface area contributed by atoms with Crippen LogP contribution in [0.1, 0.15) is 46.3 Å². The maximum absolute atomic E-state index is 13.0. The van der Waals surface area contributed by atoms with Crippen molar-refractivity contribution < 1.29 is 17.4 Å². The maximum atomic E-state index is 13.0. The Morgan fingerprint density at radius 1 is 1.00 bits per heavy atom. The van der Waals surface area contributed by atoms with Gasteiger partial charge >= 0.3 is 0 Å². The van der Waals surface area contributed by atoms with Crippen LogP contribution in [-0.4, -0.2) is 23.8 Å². The molecule has 1 aromatic carbocycles. The number of hydrogen-bond acceptors (Lipinski definition) is 7. The van der Waals surface area contributed by atoms with Crippen molar-refractivity contribution in [1.29, 1.82) is 0 Å². The van der Waals surface area contributed by atoms with Gasteiger partial charge in [0.25, 0.3) is 5.89 Å². The molecule has 0 saturated heterocycles. The standard InChI is InChI=1S/C18H20ClN3O4S/c1-17(2,3)14-10-13(22-26-14)15-20-21-16(25-15)18(4,5)27(23,24)12-8-6-11(19)7-9-12/h6-10H,1-5H3. The molecule has 0 bridgehead atoms. The zero-order chi connectivity index (χ0) is 20.0. The Morgan fingerprint density at radius 2 is 1.63 bits per heavy atom. The monoisotopic (exact) mass is 409 g/mol. The number of sulfone groups is 1. The lowest BCUT2D eigenvalue weighted by Crippen LogP contribution is -2.29. The minimum absolute atomic E-state index is 0.0345. The molecule has 3 aromatic rings. The molecule has 0 spiro atoms. The molecular weight excluding hydrogens is 390 g/mol. The van der Waals surface area contributed by atoms with E-state index in [1.54, 1.807) is 6.07 Å². The van der Waals surface area contributed by atoms with Gasteiger partial charge in [-0.3, -0.25) is 0 Å². The average Bonchev–Trinajstić information content (AvgIpc) is 3.24. The third-order valence-electron chi connectivity index (χ3n) is 4.20. The van der Waals surface area contributed by atoms with Gasteiger partial charge in [-0.25, -0.2) is 8.42 Å². The van der Waals surface area contributed by atoms with E-state index < -0.39 is 14.6 Å². The van der Waals surface area contributed by atoms with Gasteiger partial charge in [0.05, 0.1) is 4.90 Å². The predicted molar refractivity (Wildman–Crippen MR) is 100 cm³/mol. The van der Waals surface area contributed by atoms with E-state index in [0.717, 1.165) is 0 Å². The van der Waals surface area contributed by atoms with Crippen molar-refractivity contribution >= 4 is 21.4 Å². The molecule has 0 N–H and O–H groups in total. The average molecular weight is 410 g/mol. The molecule has 144 valence electrons. The lowest BCUT2D eigenvalue weighted by molar-refractivity contribution is 0.329. The predicted octanol–water partition coefficient (Wildman–Crippen LogP) is 4.38. The lowest BCUT2D eigenvalue weighted by atomic mass is 9.93. The molecule has 0 aliphatic rings. The largest absolute Gasteiger partial charge is 0.417 e. The van der Waals surface area contributed by atoms with Gasteiger partial charge in [0.1, 0.15) is 10.5 Å². The third-order valence-corrected chi connectivity index (χ3v) is 6.87. The Labute approximate surface area is 162 Å². The molecule has 2 heterocycles. The number of halogens is 1. The van der Waals surface area contributed by atoms with Crippen molar-refractivity contribution in [3.8, 4) is 11.6 Å². The Kier molecular flexibility index (Phi) is 4.68. The summed E-state index contributed by atoms with van der Waals surface area (Å²) in [6, 6.07) is 7.65. The highest BCUT2D eigenvalue weighted by molar-refractivity contribution is 7.92. The first kappa shape index (κ1) is 19.6. The molecule has 0 aliphatic carbocycles. The Bertz CT molecular complexity index is 1060. The number of rotatable bonds is 4. The van der Waals surface area contributed by atoms with Crippen LogP contribution in [0.3, 0.4) is 0 Å². The van der Waals surface area contributed by atoms with E-state index in [1.807, 2.05) is 20.8 Å². The van der Waals surface area contributed by atoms with E-state index >= 15 is 0 Å². The Hall–Kier alpha value is -2.19. The quantitative estimate of drug-likeness (QED) is 0.630. The zero-order valence-corrected chi connectivity index (χ0v) is 17.2. The van der Waals surface area contributed by atoms with Gasteiger partial charge in [-0.05, 0) is 38.1 Å². The topological polar surface area (TPSA) is 99.1 Å². The van der Waals surface area contributed by atoms with Crippen LogP contribution in [0.4, 0.5) is 0 Å². The number of hydrogen-bond donors (Lipinski definition) is 0. The molecule has 3 rings (SSSR count). The molecule has 0 fully saturated rings. The summed E-state index contributed by atoms with van der Waals surface area (Å²) in [6.07, 6.45) is 0. The number of benzene rings is 1. The smallest absolute Gasteiger partial charge is 0.269 e.